The number of amides is 2. The van der Waals surface area contributed by atoms with E-state index in [9.17, 15) is 9.59 Å². The highest BCUT2D eigenvalue weighted by molar-refractivity contribution is 6.08. The Balaban J connectivity index is 1.31. The molecule has 0 aliphatic rings. The van der Waals surface area contributed by atoms with Crippen molar-refractivity contribution in [2.45, 2.75) is 13.8 Å². The lowest BCUT2D eigenvalue weighted by Gasteiger charge is -2.17. The molecule has 0 fully saturated rings. The van der Waals surface area contributed by atoms with Gasteiger partial charge in [-0.15, -0.1) is 0 Å². The largest absolute Gasteiger partial charge is 0.377 e. The summed E-state index contributed by atoms with van der Waals surface area (Å²) < 4.78 is 0. The van der Waals surface area contributed by atoms with E-state index in [4.69, 9.17) is 0 Å². The number of hydrogen-bond donors (Lipinski definition) is 2. The molecule has 0 bridgehead atoms. The van der Waals surface area contributed by atoms with Crippen molar-refractivity contribution in [2.75, 3.05) is 48.6 Å². The summed E-state index contributed by atoms with van der Waals surface area (Å²) >= 11 is 0. The van der Waals surface area contributed by atoms with Crippen LogP contribution in [0.5, 0.6) is 0 Å². The first-order chi connectivity index (χ1) is 19.1. The molecule has 8 heteroatoms. The molecule has 0 saturated heterocycles. The first-order valence-electron chi connectivity index (χ1n) is 13.0. The van der Waals surface area contributed by atoms with E-state index in [2.05, 4.69) is 20.6 Å². The van der Waals surface area contributed by atoms with Crippen molar-refractivity contribution in [3.8, 4) is 0 Å². The predicted octanol–water partition coefficient (Wildman–Crippen LogP) is 6.04. The van der Waals surface area contributed by atoms with Crippen LogP contribution in [0.1, 0.15) is 32.1 Å². The summed E-state index contributed by atoms with van der Waals surface area (Å²) in [5, 5.41) is 7.83. The van der Waals surface area contributed by atoms with Crippen LogP contribution in [-0.2, 0) is 0 Å². The van der Waals surface area contributed by atoms with Gasteiger partial charge in [0.05, 0.1) is 11.0 Å². The molecule has 3 aromatic carbocycles. The van der Waals surface area contributed by atoms with Crippen molar-refractivity contribution < 1.29 is 9.59 Å². The van der Waals surface area contributed by atoms with Crippen LogP contribution in [0.2, 0.25) is 0 Å². The Bertz CT molecular complexity index is 1630. The molecule has 0 saturated carbocycles. The molecule has 0 aliphatic carbocycles. The number of rotatable bonds is 6. The Morgan fingerprint density at radius 1 is 0.575 bits per heavy atom. The van der Waals surface area contributed by atoms with E-state index in [1.165, 1.54) is 0 Å². The molecule has 202 valence electrons. The Morgan fingerprint density at radius 3 is 1.30 bits per heavy atom. The maximum Gasteiger partial charge on any atom is 0.255 e. The topological polar surface area (TPSA) is 90.5 Å². The van der Waals surface area contributed by atoms with Crippen LogP contribution in [0.25, 0.3) is 21.8 Å². The summed E-state index contributed by atoms with van der Waals surface area (Å²) in [5.74, 6) is -0.516. The van der Waals surface area contributed by atoms with Crippen molar-refractivity contribution >= 4 is 56.4 Å². The molecule has 5 rings (SSSR count). The summed E-state index contributed by atoms with van der Waals surface area (Å²) in [6, 6.07) is 22.0. The van der Waals surface area contributed by atoms with Gasteiger partial charge in [0, 0.05) is 84.2 Å². The molecular weight excluding hydrogens is 500 g/mol. The number of benzene rings is 3. The fourth-order valence-electron chi connectivity index (χ4n) is 4.75. The van der Waals surface area contributed by atoms with Gasteiger partial charge < -0.3 is 20.4 Å². The van der Waals surface area contributed by atoms with Crippen molar-refractivity contribution in [2.24, 2.45) is 0 Å². The zero-order valence-corrected chi connectivity index (χ0v) is 23.5. The summed E-state index contributed by atoms with van der Waals surface area (Å²) in [6.07, 6.45) is 0. The number of hydrogen-bond acceptors (Lipinski definition) is 6. The number of pyridine rings is 2. The normalized spacial score (nSPS) is 10.9. The molecule has 8 nitrogen and oxygen atoms in total. The molecule has 2 heterocycles. The maximum absolute atomic E-state index is 13.0. The average Bonchev–Trinajstić information content (AvgIpc) is 2.92. The Hall–Kier alpha value is -4.98. The molecule has 0 unspecified atom stereocenters. The SMILES string of the molecule is Cc1cc(N(C)C)c2cc(NC(=O)c3ccc(C(=O)Nc4ccc5nc(C)cc(N(C)C)c5c4)cc3)ccc2n1. The predicted molar refractivity (Wildman–Crippen MR) is 164 cm³/mol. The van der Waals surface area contributed by atoms with Gasteiger partial charge >= 0.3 is 0 Å². The number of nitrogens with zero attached hydrogens (tertiary/aromatic N) is 4. The number of nitrogens with one attached hydrogen (secondary N) is 2. The van der Waals surface area contributed by atoms with Gasteiger partial charge in [-0.1, -0.05) is 0 Å². The van der Waals surface area contributed by atoms with Crippen LogP contribution < -0.4 is 20.4 Å². The van der Waals surface area contributed by atoms with E-state index in [0.717, 1.165) is 44.6 Å². The van der Waals surface area contributed by atoms with E-state index in [1.54, 1.807) is 24.3 Å². The lowest BCUT2D eigenvalue weighted by molar-refractivity contribution is 0.101. The Morgan fingerprint density at radius 2 is 0.950 bits per heavy atom. The molecule has 0 atom stereocenters. The van der Waals surface area contributed by atoms with Crippen LogP contribution in [0.3, 0.4) is 0 Å². The molecule has 2 N–H and O–H groups in total. The molecule has 5 aromatic rings. The lowest BCUT2D eigenvalue weighted by Crippen LogP contribution is -2.15. The smallest absolute Gasteiger partial charge is 0.255 e. The molecule has 0 aliphatic heterocycles. The lowest BCUT2D eigenvalue weighted by atomic mass is 10.1. The van der Waals surface area contributed by atoms with Crippen LogP contribution in [0.15, 0.2) is 72.8 Å². The van der Waals surface area contributed by atoms with Crippen molar-refractivity contribution in [3.63, 3.8) is 0 Å². The summed E-state index contributed by atoms with van der Waals surface area (Å²) in [7, 11) is 7.93. The molecule has 0 spiro atoms. The third-order valence-electron chi connectivity index (χ3n) is 6.72. The molecule has 2 aromatic heterocycles. The number of fused-ring (bicyclic) bond motifs is 2. The second-order valence-electron chi connectivity index (χ2n) is 10.3. The number of carbonyl (C=O) groups excluding carboxylic acids is 2. The van der Waals surface area contributed by atoms with Gasteiger partial charge in [0.2, 0.25) is 0 Å². The number of carbonyl (C=O) groups is 2. The minimum absolute atomic E-state index is 0.258. The zero-order valence-electron chi connectivity index (χ0n) is 23.5. The minimum Gasteiger partial charge on any atom is -0.377 e. The number of aromatic nitrogens is 2. The second kappa shape index (κ2) is 10.6. The van der Waals surface area contributed by atoms with Gasteiger partial charge in [0.1, 0.15) is 0 Å². The third-order valence-corrected chi connectivity index (χ3v) is 6.72. The molecule has 2 amide bonds. The minimum atomic E-state index is -0.258. The van der Waals surface area contributed by atoms with Crippen LogP contribution >= 0.6 is 0 Å². The maximum atomic E-state index is 13.0. The molecular formula is C32H32N6O2. The van der Waals surface area contributed by atoms with Gasteiger partial charge in [0.15, 0.2) is 0 Å². The van der Waals surface area contributed by atoms with E-state index >= 15 is 0 Å². The standard InChI is InChI=1S/C32H32N6O2/c1-19-15-29(37(3)4)25-17-23(11-13-27(25)33-19)35-31(39)21-7-9-22(10-8-21)32(40)36-24-12-14-28-26(18-24)30(38(5)6)16-20(2)34-28/h7-18H,1-6H3,(H,35,39)(H,36,40). The number of anilines is 4. The highest BCUT2D eigenvalue weighted by atomic mass is 16.2. The van der Waals surface area contributed by atoms with Gasteiger partial charge in [-0.05, 0) is 86.6 Å². The third kappa shape index (κ3) is 5.42. The Labute approximate surface area is 233 Å². The van der Waals surface area contributed by atoms with Crippen LogP contribution in [0, 0.1) is 13.8 Å². The fourth-order valence-corrected chi connectivity index (χ4v) is 4.75. The molecule has 0 radical (unpaired) electrons. The average molecular weight is 533 g/mol. The van der Waals surface area contributed by atoms with Gasteiger partial charge in [-0.2, -0.15) is 0 Å². The summed E-state index contributed by atoms with van der Waals surface area (Å²) in [6.45, 7) is 3.93. The highest BCUT2D eigenvalue weighted by Gasteiger charge is 2.13. The van der Waals surface area contributed by atoms with Crippen LogP contribution in [-0.4, -0.2) is 50.0 Å². The second-order valence-corrected chi connectivity index (χ2v) is 10.3. The summed E-state index contributed by atoms with van der Waals surface area (Å²) in [5.41, 5.74) is 7.92. The quantitative estimate of drug-likeness (QED) is 0.277. The Kier molecular flexibility index (Phi) is 7.09. The summed E-state index contributed by atoms with van der Waals surface area (Å²) in [4.78, 5) is 39.2. The fraction of sp³-hybridized carbons (Fsp3) is 0.188. The first kappa shape index (κ1) is 26.6. The van der Waals surface area contributed by atoms with Crippen molar-refractivity contribution in [1.29, 1.82) is 0 Å². The van der Waals surface area contributed by atoms with E-state index < -0.39 is 0 Å². The monoisotopic (exact) mass is 532 g/mol. The molecule has 40 heavy (non-hydrogen) atoms. The van der Waals surface area contributed by atoms with Crippen molar-refractivity contribution in [1.82, 2.24) is 9.97 Å². The van der Waals surface area contributed by atoms with Gasteiger partial charge in [-0.3, -0.25) is 19.6 Å². The number of aryl methyl sites for hydroxylation is 2. The van der Waals surface area contributed by atoms with E-state index in [1.807, 2.05) is 100 Å². The van der Waals surface area contributed by atoms with E-state index in [0.29, 0.717) is 22.5 Å². The van der Waals surface area contributed by atoms with Crippen LogP contribution in [0.4, 0.5) is 22.7 Å². The van der Waals surface area contributed by atoms with Gasteiger partial charge in [0.25, 0.3) is 11.8 Å². The van der Waals surface area contributed by atoms with Crippen molar-refractivity contribution in [3.05, 3.63) is 95.3 Å². The van der Waals surface area contributed by atoms with E-state index in [-0.39, 0.29) is 11.8 Å². The first-order valence-corrected chi connectivity index (χ1v) is 13.0. The van der Waals surface area contributed by atoms with Gasteiger partial charge in [-0.25, -0.2) is 0 Å². The highest BCUT2D eigenvalue weighted by Crippen LogP contribution is 2.29. The zero-order chi connectivity index (χ0) is 28.6.